The van der Waals surface area contributed by atoms with Crippen LogP contribution in [0.15, 0.2) is 54.6 Å². The van der Waals surface area contributed by atoms with Crippen LogP contribution in [0.25, 0.3) is 5.57 Å². The molecule has 0 unspecified atom stereocenters. The number of nitrogens with one attached hydrogen (secondary N) is 1. The lowest BCUT2D eigenvalue weighted by atomic mass is 10.1. The molecule has 0 aliphatic heterocycles. The van der Waals surface area contributed by atoms with Crippen LogP contribution in [0.2, 0.25) is 0 Å². The third-order valence-electron chi connectivity index (χ3n) is 3.20. The number of benzene rings is 2. The normalized spacial score (nSPS) is 11.1. The molecular formula is C18H18FNO2. The number of likely N-dealkylation sites (N-methyl/N-ethyl adjacent to an activating group) is 1. The highest BCUT2D eigenvalue weighted by atomic mass is 19.1. The van der Waals surface area contributed by atoms with Gasteiger partial charge >= 0.3 is 0 Å². The topological polar surface area (TPSA) is 38.3 Å². The van der Waals surface area contributed by atoms with E-state index in [2.05, 4.69) is 5.32 Å². The van der Waals surface area contributed by atoms with E-state index in [4.69, 9.17) is 4.74 Å². The van der Waals surface area contributed by atoms with Crippen LogP contribution in [0.3, 0.4) is 0 Å². The van der Waals surface area contributed by atoms with Crippen LogP contribution in [0.5, 0.6) is 5.75 Å². The summed E-state index contributed by atoms with van der Waals surface area (Å²) in [7, 11) is 1.59. The summed E-state index contributed by atoms with van der Waals surface area (Å²) in [6, 6.07) is 13.7. The van der Waals surface area contributed by atoms with Crippen molar-refractivity contribution in [3.05, 3.63) is 71.6 Å². The molecule has 0 aromatic heterocycles. The molecule has 22 heavy (non-hydrogen) atoms. The number of rotatable bonds is 5. The maximum atomic E-state index is 13.1. The molecule has 0 saturated carbocycles. The Morgan fingerprint density at radius 3 is 2.59 bits per heavy atom. The number of amides is 1. The highest BCUT2D eigenvalue weighted by Crippen LogP contribution is 2.19. The molecule has 4 heteroatoms. The van der Waals surface area contributed by atoms with Crippen molar-refractivity contribution in [3.8, 4) is 5.75 Å². The highest BCUT2D eigenvalue weighted by Gasteiger charge is 2.01. The second kappa shape index (κ2) is 7.41. The largest absolute Gasteiger partial charge is 0.489 e. The van der Waals surface area contributed by atoms with Crippen molar-refractivity contribution in [1.29, 1.82) is 0 Å². The molecule has 0 heterocycles. The smallest absolute Gasteiger partial charge is 0.244 e. The van der Waals surface area contributed by atoms with Gasteiger partial charge in [0.25, 0.3) is 0 Å². The minimum Gasteiger partial charge on any atom is -0.489 e. The summed E-state index contributed by atoms with van der Waals surface area (Å²) in [5, 5.41) is 2.55. The number of hydrogen-bond donors (Lipinski definition) is 1. The molecule has 0 atom stereocenters. The first-order valence-electron chi connectivity index (χ1n) is 6.96. The zero-order chi connectivity index (χ0) is 15.9. The van der Waals surface area contributed by atoms with Crippen LogP contribution in [-0.4, -0.2) is 13.0 Å². The standard InChI is InChI=1S/C18H18FNO2/c1-13(10-18(21)20-2)15-6-8-17(9-7-15)22-12-14-4-3-5-16(19)11-14/h3-11H,12H2,1-2H3,(H,20,21). The van der Waals surface area contributed by atoms with Crippen molar-refractivity contribution in [2.75, 3.05) is 7.05 Å². The van der Waals surface area contributed by atoms with Crippen LogP contribution < -0.4 is 10.1 Å². The fraction of sp³-hybridized carbons (Fsp3) is 0.167. The number of halogens is 1. The Labute approximate surface area is 129 Å². The molecule has 1 amide bonds. The molecule has 0 aliphatic carbocycles. The van der Waals surface area contributed by atoms with Gasteiger partial charge in [-0.1, -0.05) is 24.3 Å². The monoisotopic (exact) mass is 299 g/mol. The van der Waals surface area contributed by atoms with E-state index in [0.717, 1.165) is 16.7 Å². The van der Waals surface area contributed by atoms with Gasteiger partial charge in [-0.05, 0) is 47.9 Å². The minimum atomic E-state index is -0.272. The van der Waals surface area contributed by atoms with Gasteiger partial charge in [0.2, 0.25) is 5.91 Å². The molecule has 114 valence electrons. The van der Waals surface area contributed by atoms with Gasteiger partial charge in [-0.25, -0.2) is 4.39 Å². The van der Waals surface area contributed by atoms with Gasteiger partial charge in [0.1, 0.15) is 18.2 Å². The van der Waals surface area contributed by atoms with Gasteiger partial charge < -0.3 is 10.1 Å². The first-order valence-corrected chi connectivity index (χ1v) is 6.96. The number of carbonyl (C=O) groups excluding carboxylic acids is 1. The van der Waals surface area contributed by atoms with E-state index in [1.54, 1.807) is 19.2 Å². The lowest BCUT2D eigenvalue weighted by molar-refractivity contribution is -0.116. The van der Waals surface area contributed by atoms with E-state index in [-0.39, 0.29) is 11.7 Å². The predicted molar refractivity (Wildman–Crippen MR) is 84.9 cm³/mol. The SMILES string of the molecule is CNC(=O)C=C(C)c1ccc(OCc2cccc(F)c2)cc1. The van der Waals surface area contributed by atoms with Crippen molar-refractivity contribution in [2.45, 2.75) is 13.5 Å². The molecule has 0 fully saturated rings. The number of allylic oxidation sites excluding steroid dienone is 1. The maximum Gasteiger partial charge on any atom is 0.244 e. The molecule has 0 aliphatic rings. The average molecular weight is 299 g/mol. The van der Waals surface area contributed by atoms with Gasteiger partial charge in [-0.3, -0.25) is 4.79 Å². The van der Waals surface area contributed by atoms with E-state index < -0.39 is 0 Å². The van der Waals surface area contributed by atoms with Gasteiger partial charge in [0.05, 0.1) is 0 Å². The Kier molecular flexibility index (Phi) is 5.31. The van der Waals surface area contributed by atoms with Gasteiger partial charge in [0, 0.05) is 13.1 Å². The summed E-state index contributed by atoms with van der Waals surface area (Å²) in [4.78, 5) is 11.3. The van der Waals surface area contributed by atoms with E-state index >= 15 is 0 Å². The van der Waals surface area contributed by atoms with Crippen LogP contribution >= 0.6 is 0 Å². The Bertz CT molecular complexity index is 678. The molecule has 0 radical (unpaired) electrons. The van der Waals surface area contributed by atoms with Crippen molar-refractivity contribution < 1.29 is 13.9 Å². The first kappa shape index (κ1) is 15.8. The van der Waals surface area contributed by atoms with Crippen molar-refractivity contribution in [3.63, 3.8) is 0 Å². The quantitative estimate of drug-likeness (QED) is 0.857. The lowest BCUT2D eigenvalue weighted by Crippen LogP contribution is -2.14. The molecule has 0 saturated heterocycles. The fourth-order valence-electron chi connectivity index (χ4n) is 1.96. The maximum absolute atomic E-state index is 13.1. The fourth-order valence-corrected chi connectivity index (χ4v) is 1.96. The minimum absolute atomic E-state index is 0.135. The first-order chi connectivity index (χ1) is 10.6. The summed E-state index contributed by atoms with van der Waals surface area (Å²) < 4.78 is 18.7. The van der Waals surface area contributed by atoms with Gasteiger partial charge in [-0.15, -0.1) is 0 Å². The second-order valence-corrected chi connectivity index (χ2v) is 4.88. The van der Waals surface area contributed by atoms with Gasteiger partial charge in [0.15, 0.2) is 0 Å². The van der Waals surface area contributed by atoms with Crippen LogP contribution in [-0.2, 0) is 11.4 Å². The molecule has 2 aromatic rings. The molecule has 3 nitrogen and oxygen atoms in total. The Hall–Kier alpha value is -2.62. The number of hydrogen-bond acceptors (Lipinski definition) is 2. The summed E-state index contributed by atoms with van der Waals surface area (Å²) >= 11 is 0. The van der Waals surface area contributed by atoms with Crippen LogP contribution in [0, 0.1) is 5.82 Å². The Balaban J connectivity index is 2.00. The Morgan fingerprint density at radius 1 is 1.23 bits per heavy atom. The van der Waals surface area contributed by atoms with E-state index in [1.165, 1.54) is 12.1 Å². The molecule has 2 aromatic carbocycles. The molecule has 2 rings (SSSR count). The highest BCUT2D eigenvalue weighted by molar-refractivity contribution is 5.94. The van der Waals surface area contributed by atoms with Crippen molar-refractivity contribution >= 4 is 11.5 Å². The van der Waals surface area contributed by atoms with Crippen molar-refractivity contribution in [1.82, 2.24) is 5.32 Å². The van der Waals surface area contributed by atoms with Crippen molar-refractivity contribution in [2.24, 2.45) is 0 Å². The van der Waals surface area contributed by atoms with E-state index in [9.17, 15) is 9.18 Å². The summed E-state index contributed by atoms with van der Waals surface area (Å²) in [6.07, 6.45) is 1.54. The molecule has 0 bridgehead atoms. The summed E-state index contributed by atoms with van der Waals surface area (Å²) in [5.74, 6) is 0.288. The predicted octanol–water partition coefficient (Wildman–Crippen LogP) is 3.55. The Morgan fingerprint density at radius 2 is 1.95 bits per heavy atom. The molecule has 0 spiro atoms. The third kappa shape index (κ3) is 4.45. The second-order valence-electron chi connectivity index (χ2n) is 4.88. The van der Waals surface area contributed by atoms with E-state index in [1.807, 2.05) is 37.3 Å². The summed E-state index contributed by atoms with van der Waals surface area (Å²) in [6.45, 7) is 2.18. The summed E-state index contributed by atoms with van der Waals surface area (Å²) in [5.41, 5.74) is 2.59. The zero-order valence-corrected chi connectivity index (χ0v) is 12.6. The molecular weight excluding hydrogens is 281 g/mol. The number of carbonyl (C=O) groups is 1. The van der Waals surface area contributed by atoms with Gasteiger partial charge in [-0.2, -0.15) is 0 Å². The molecule has 1 N–H and O–H groups in total. The average Bonchev–Trinajstić information content (AvgIpc) is 2.53. The third-order valence-corrected chi connectivity index (χ3v) is 3.20. The van der Waals surface area contributed by atoms with Crippen LogP contribution in [0.1, 0.15) is 18.1 Å². The van der Waals surface area contributed by atoms with Crippen LogP contribution in [0.4, 0.5) is 4.39 Å². The number of ether oxygens (including phenoxy) is 1. The lowest BCUT2D eigenvalue weighted by Gasteiger charge is -2.08. The zero-order valence-electron chi connectivity index (χ0n) is 12.6. The van der Waals surface area contributed by atoms with E-state index in [0.29, 0.717) is 12.4 Å².